The minimum absolute atomic E-state index is 0.490. The van der Waals surface area contributed by atoms with Crippen LogP contribution in [0.3, 0.4) is 0 Å². The summed E-state index contributed by atoms with van der Waals surface area (Å²) in [6, 6.07) is 0. The van der Waals surface area contributed by atoms with E-state index in [1.54, 1.807) is 20.8 Å². The molecule has 0 aromatic carbocycles. The van der Waals surface area contributed by atoms with Crippen molar-refractivity contribution in [2.24, 2.45) is 0 Å². The van der Waals surface area contributed by atoms with Crippen LogP contribution in [0.4, 0.5) is 0 Å². The fourth-order valence-corrected chi connectivity index (χ4v) is 1.48. The van der Waals surface area contributed by atoms with Gasteiger partial charge in [0.25, 0.3) is 5.70 Å². The number of aliphatic hydroxyl groups is 1. The van der Waals surface area contributed by atoms with E-state index in [9.17, 15) is 20.0 Å². The Balaban J connectivity index is 2.82. The monoisotopic (exact) mass is 256 g/mol. The average Bonchev–Trinajstić information content (AvgIpc) is 2.13. The molecule has 0 spiro atoms. The minimum Gasteiger partial charge on any atom is -0.460 e. The summed E-state index contributed by atoms with van der Waals surface area (Å²) in [6.07, 6.45) is 3.31. The number of esters is 1. The molecule has 2 N–H and O–H groups in total. The first kappa shape index (κ1) is 14.2. The lowest BCUT2D eigenvalue weighted by molar-refractivity contribution is -0.446. The smallest absolute Gasteiger partial charge is 0.311 e. The van der Waals surface area contributed by atoms with Crippen LogP contribution in [0, 0.1) is 10.1 Å². The molecular formula is C11H16N2O5. The van der Waals surface area contributed by atoms with Crippen LogP contribution in [0.25, 0.3) is 0 Å². The zero-order valence-corrected chi connectivity index (χ0v) is 10.5. The summed E-state index contributed by atoms with van der Waals surface area (Å²) >= 11 is 0. The Morgan fingerprint density at radius 3 is 2.72 bits per heavy atom. The van der Waals surface area contributed by atoms with Crippen LogP contribution < -0.4 is 5.32 Å². The molecule has 7 nitrogen and oxygen atoms in total. The highest BCUT2D eigenvalue weighted by Gasteiger charge is 2.44. The maximum atomic E-state index is 11.6. The zero-order valence-electron chi connectivity index (χ0n) is 10.5. The van der Waals surface area contributed by atoms with E-state index in [0.717, 1.165) is 6.08 Å². The number of ether oxygens (including phenoxy) is 1. The van der Waals surface area contributed by atoms with Gasteiger partial charge in [0.05, 0.1) is 4.92 Å². The molecule has 0 aromatic heterocycles. The van der Waals surface area contributed by atoms with E-state index in [1.807, 2.05) is 0 Å². The number of nitro groups is 1. The zero-order chi connectivity index (χ0) is 14.0. The molecule has 0 aromatic rings. The van der Waals surface area contributed by atoms with Crippen LogP contribution in [-0.2, 0) is 9.53 Å². The number of carbonyl (C=O) groups excluding carboxylic acids is 1. The molecule has 1 heterocycles. The Morgan fingerprint density at radius 2 is 2.22 bits per heavy atom. The molecule has 0 saturated carbocycles. The molecule has 1 atom stereocenters. The van der Waals surface area contributed by atoms with Gasteiger partial charge in [-0.1, -0.05) is 0 Å². The summed E-state index contributed by atoms with van der Waals surface area (Å²) in [6.45, 7) is 5.02. The van der Waals surface area contributed by atoms with E-state index in [0.29, 0.717) is 0 Å². The van der Waals surface area contributed by atoms with Gasteiger partial charge in [-0.2, -0.15) is 0 Å². The predicted octanol–water partition coefficient (Wildman–Crippen LogP) is 0.684. The van der Waals surface area contributed by atoms with Gasteiger partial charge in [0.1, 0.15) is 12.0 Å². The largest absolute Gasteiger partial charge is 0.460 e. The average molecular weight is 256 g/mol. The summed E-state index contributed by atoms with van der Waals surface area (Å²) in [5.74, 6) is -0.722. The highest BCUT2D eigenvalue weighted by molar-refractivity contribution is 5.71. The van der Waals surface area contributed by atoms with E-state index in [1.165, 1.54) is 12.3 Å². The lowest BCUT2D eigenvalue weighted by atomic mass is 10.0. The third-order valence-corrected chi connectivity index (χ3v) is 2.11. The molecular weight excluding hydrogens is 240 g/mol. The van der Waals surface area contributed by atoms with Crippen LogP contribution in [0.5, 0.6) is 0 Å². The highest BCUT2D eigenvalue weighted by atomic mass is 16.6. The Hall–Kier alpha value is -1.89. The maximum absolute atomic E-state index is 11.6. The lowest BCUT2D eigenvalue weighted by Crippen LogP contribution is -2.49. The first-order valence-corrected chi connectivity index (χ1v) is 5.38. The Morgan fingerprint density at radius 1 is 1.61 bits per heavy atom. The van der Waals surface area contributed by atoms with Gasteiger partial charge in [-0.3, -0.25) is 14.9 Å². The van der Waals surface area contributed by atoms with Crippen molar-refractivity contribution in [1.29, 1.82) is 0 Å². The van der Waals surface area contributed by atoms with Crippen molar-refractivity contribution < 1.29 is 19.6 Å². The Kier molecular flexibility index (Phi) is 3.76. The van der Waals surface area contributed by atoms with Crippen molar-refractivity contribution >= 4 is 5.97 Å². The molecule has 0 radical (unpaired) electrons. The van der Waals surface area contributed by atoms with Crippen molar-refractivity contribution in [3.8, 4) is 0 Å². The fourth-order valence-electron chi connectivity index (χ4n) is 1.48. The van der Waals surface area contributed by atoms with E-state index >= 15 is 0 Å². The third kappa shape index (κ3) is 3.56. The van der Waals surface area contributed by atoms with Gasteiger partial charge in [-0.15, -0.1) is 0 Å². The van der Waals surface area contributed by atoms with Gasteiger partial charge in [-0.05, 0) is 33.0 Å². The van der Waals surface area contributed by atoms with Crippen molar-refractivity contribution in [1.82, 2.24) is 5.32 Å². The van der Waals surface area contributed by atoms with Crippen molar-refractivity contribution in [3.63, 3.8) is 0 Å². The summed E-state index contributed by atoms with van der Waals surface area (Å²) in [7, 11) is 0. The topological polar surface area (TPSA) is 102 Å². The number of nitrogens with one attached hydrogen (secondary N) is 1. The Bertz CT molecular complexity index is 422. The quantitative estimate of drug-likeness (QED) is 0.437. The van der Waals surface area contributed by atoms with Crippen molar-refractivity contribution in [3.05, 3.63) is 34.2 Å². The summed E-state index contributed by atoms with van der Waals surface area (Å²) in [4.78, 5) is 21.7. The number of hydrogen-bond acceptors (Lipinski definition) is 6. The normalized spacial score (nSPS) is 23.0. The molecule has 0 bridgehead atoms. The number of allylic oxidation sites excluding steroid dienone is 2. The molecule has 1 rings (SSSR count). The second kappa shape index (κ2) is 4.77. The van der Waals surface area contributed by atoms with E-state index in [4.69, 9.17) is 4.74 Å². The SMILES string of the molecule is CC(C)(C)OC(=O)CC1(O)NC=CC=C1[N+](=O)[O-]. The van der Waals surface area contributed by atoms with E-state index < -0.39 is 34.3 Å². The maximum Gasteiger partial charge on any atom is 0.311 e. The highest BCUT2D eigenvalue weighted by Crippen LogP contribution is 2.23. The van der Waals surface area contributed by atoms with E-state index in [-0.39, 0.29) is 0 Å². The van der Waals surface area contributed by atoms with E-state index in [2.05, 4.69) is 5.32 Å². The van der Waals surface area contributed by atoms with Crippen LogP contribution in [0.15, 0.2) is 24.0 Å². The summed E-state index contributed by atoms with van der Waals surface area (Å²) < 4.78 is 5.02. The minimum atomic E-state index is -2.04. The van der Waals surface area contributed by atoms with Crippen molar-refractivity contribution in [2.75, 3.05) is 0 Å². The molecule has 0 saturated heterocycles. The number of rotatable bonds is 3. The molecule has 18 heavy (non-hydrogen) atoms. The fraction of sp³-hybridized carbons (Fsp3) is 0.545. The van der Waals surface area contributed by atoms with Gasteiger partial charge in [-0.25, -0.2) is 0 Å². The second-order valence-electron chi connectivity index (χ2n) is 4.94. The van der Waals surface area contributed by atoms with Gasteiger partial charge in [0.2, 0.25) is 5.72 Å². The number of hydrogen-bond donors (Lipinski definition) is 2. The molecule has 1 aliphatic rings. The first-order chi connectivity index (χ1) is 8.14. The first-order valence-electron chi connectivity index (χ1n) is 5.38. The molecule has 0 fully saturated rings. The second-order valence-corrected chi connectivity index (χ2v) is 4.94. The molecule has 100 valence electrons. The molecule has 0 amide bonds. The molecule has 0 aliphatic carbocycles. The van der Waals surface area contributed by atoms with Crippen LogP contribution >= 0.6 is 0 Å². The number of carbonyl (C=O) groups is 1. The standard InChI is InChI=1S/C11H16N2O5/c1-10(2,3)18-9(14)7-11(15)8(13(16)17)5-4-6-12-11/h4-6,12,15H,7H2,1-3H3. The van der Waals surface area contributed by atoms with Crippen LogP contribution in [-0.4, -0.2) is 27.3 Å². The summed E-state index contributed by atoms with van der Waals surface area (Å²) in [5.41, 5.74) is -3.24. The third-order valence-electron chi connectivity index (χ3n) is 2.11. The van der Waals surface area contributed by atoms with Gasteiger partial charge in [0, 0.05) is 6.08 Å². The molecule has 7 heteroatoms. The van der Waals surface area contributed by atoms with Gasteiger partial charge in [0.15, 0.2) is 0 Å². The van der Waals surface area contributed by atoms with Crippen molar-refractivity contribution in [2.45, 2.75) is 38.5 Å². The Labute approximate surface area is 104 Å². The van der Waals surface area contributed by atoms with Gasteiger partial charge >= 0.3 is 5.97 Å². The molecule has 1 unspecified atom stereocenters. The van der Waals surface area contributed by atoms with Crippen LogP contribution in [0.2, 0.25) is 0 Å². The van der Waals surface area contributed by atoms with Crippen LogP contribution in [0.1, 0.15) is 27.2 Å². The lowest BCUT2D eigenvalue weighted by Gasteiger charge is -2.28. The number of nitrogens with zero attached hydrogens (tertiary/aromatic N) is 1. The predicted molar refractivity (Wildman–Crippen MR) is 62.8 cm³/mol. The van der Waals surface area contributed by atoms with Gasteiger partial charge < -0.3 is 15.2 Å². The molecule has 1 aliphatic heterocycles. The number of dihydropyridines is 1. The summed E-state index contributed by atoms with van der Waals surface area (Å²) in [5, 5.41) is 23.3.